The summed E-state index contributed by atoms with van der Waals surface area (Å²) in [5.41, 5.74) is 3.62. The van der Waals surface area contributed by atoms with Gasteiger partial charge in [0.05, 0.1) is 11.5 Å². The molecule has 3 aromatic rings. The first-order valence-corrected chi connectivity index (χ1v) is 9.74. The van der Waals surface area contributed by atoms with Crippen molar-refractivity contribution in [1.29, 1.82) is 0 Å². The quantitative estimate of drug-likeness (QED) is 0.662. The topological polar surface area (TPSA) is 55.1 Å². The fourth-order valence-corrected chi connectivity index (χ4v) is 3.67. The lowest BCUT2D eigenvalue weighted by Crippen LogP contribution is -2.34. The van der Waals surface area contributed by atoms with E-state index in [1.54, 1.807) is 12.4 Å². The Labute approximate surface area is 160 Å². The fraction of sp³-hybridized carbons (Fsp3) is 0.409. The molecule has 1 aliphatic heterocycles. The van der Waals surface area contributed by atoms with Gasteiger partial charge >= 0.3 is 0 Å². The maximum atomic E-state index is 5.96. The molecule has 0 saturated carbocycles. The second-order valence-corrected chi connectivity index (χ2v) is 7.66. The van der Waals surface area contributed by atoms with E-state index >= 15 is 0 Å². The van der Waals surface area contributed by atoms with Gasteiger partial charge in [-0.1, -0.05) is 38.1 Å². The SMILES string of the molecule is CC(C)c1ccc(CN2CCC[C@H](c3nnc(-c4cccnc4)o3)C2)cc1. The average Bonchev–Trinajstić information content (AvgIpc) is 3.20. The van der Waals surface area contributed by atoms with E-state index in [9.17, 15) is 0 Å². The smallest absolute Gasteiger partial charge is 0.249 e. The summed E-state index contributed by atoms with van der Waals surface area (Å²) in [5.74, 6) is 2.17. The molecule has 1 atom stereocenters. The highest BCUT2D eigenvalue weighted by molar-refractivity contribution is 5.50. The van der Waals surface area contributed by atoms with Crippen LogP contribution in [0.3, 0.4) is 0 Å². The number of hydrogen-bond donors (Lipinski definition) is 0. The molecule has 0 bridgehead atoms. The molecule has 3 heterocycles. The monoisotopic (exact) mass is 362 g/mol. The van der Waals surface area contributed by atoms with Crippen LogP contribution in [0.2, 0.25) is 0 Å². The van der Waals surface area contributed by atoms with Gasteiger partial charge in [-0.3, -0.25) is 9.88 Å². The summed E-state index contributed by atoms with van der Waals surface area (Å²) in [6, 6.07) is 12.8. The van der Waals surface area contributed by atoms with E-state index in [1.165, 1.54) is 11.1 Å². The van der Waals surface area contributed by atoms with Crippen LogP contribution in [-0.2, 0) is 6.54 Å². The molecule has 0 spiro atoms. The van der Waals surface area contributed by atoms with Crippen LogP contribution in [0.5, 0.6) is 0 Å². The maximum Gasteiger partial charge on any atom is 0.249 e. The van der Waals surface area contributed by atoms with Gasteiger partial charge < -0.3 is 4.42 Å². The summed E-state index contributed by atoms with van der Waals surface area (Å²) in [6.45, 7) is 7.51. The van der Waals surface area contributed by atoms with E-state index in [1.807, 2.05) is 12.1 Å². The Morgan fingerprint density at radius 3 is 2.74 bits per heavy atom. The Hall–Kier alpha value is -2.53. The summed E-state index contributed by atoms with van der Waals surface area (Å²) in [7, 11) is 0. The maximum absolute atomic E-state index is 5.96. The molecule has 4 rings (SSSR count). The Morgan fingerprint density at radius 2 is 2.00 bits per heavy atom. The third-order valence-corrected chi connectivity index (χ3v) is 5.26. The summed E-state index contributed by atoms with van der Waals surface area (Å²) >= 11 is 0. The molecular formula is C22H26N4O. The minimum atomic E-state index is 0.298. The average molecular weight is 362 g/mol. The lowest BCUT2D eigenvalue weighted by Gasteiger charge is -2.31. The van der Waals surface area contributed by atoms with E-state index < -0.39 is 0 Å². The van der Waals surface area contributed by atoms with Crippen LogP contribution < -0.4 is 0 Å². The highest BCUT2D eigenvalue weighted by Crippen LogP contribution is 2.29. The second kappa shape index (κ2) is 8.01. The van der Waals surface area contributed by atoms with Crippen molar-refractivity contribution in [1.82, 2.24) is 20.1 Å². The highest BCUT2D eigenvalue weighted by Gasteiger charge is 2.26. The molecule has 140 valence electrons. The molecule has 0 unspecified atom stereocenters. The number of rotatable bonds is 5. The van der Waals surface area contributed by atoms with Crippen molar-refractivity contribution in [2.24, 2.45) is 0 Å². The lowest BCUT2D eigenvalue weighted by molar-refractivity contribution is 0.186. The number of nitrogens with zero attached hydrogens (tertiary/aromatic N) is 4. The summed E-state index contributed by atoms with van der Waals surface area (Å²) in [5, 5.41) is 8.54. The Balaban J connectivity index is 1.41. The van der Waals surface area contributed by atoms with Crippen LogP contribution in [0.25, 0.3) is 11.5 Å². The number of aromatic nitrogens is 3. The normalized spacial score (nSPS) is 18.1. The zero-order valence-corrected chi connectivity index (χ0v) is 16.0. The molecule has 5 nitrogen and oxygen atoms in total. The van der Waals surface area contributed by atoms with Gasteiger partial charge in [0.1, 0.15) is 0 Å². The summed E-state index contributed by atoms with van der Waals surface area (Å²) < 4.78 is 5.96. The van der Waals surface area contributed by atoms with E-state index in [0.29, 0.717) is 17.7 Å². The van der Waals surface area contributed by atoms with Crippen LogP contribution in [0.4, 0.5) is 0 Å². The van der Waals surface area contributed by atoms with Gasteiger partial charge in [-0.2, -0.15) is 0 Å². The molecule has 0 aliphatic carbocycles. The Kier molecular flexibility index (Phi) is 5.30. The van der Waals surface area contributed by atoms with Crippen molar-refractivity contribution >= 4 is 0 Å². The zero-order valence-electron chi connectivity index (χ0n) is 16.0. The van der Waals surface area contributed by atoms with Crippen LogP contribution in [-0.4, -0.2) is 33.2 Å². The van der Waals surface area contributed by atoms with E-state index in [2.05, 4.69) is 58.2 Å². The van der Waals surface area contributed by atoms with Crippen LogP contribution >= 0.6 is 0 Å². The molecule has 27 heavy (non-hydrogen) atoms. The molecular weight excluding hydrogens is 336 g/mol. The van der Waals surface area contributed by atoms with Crippen LogP contribution in [0.15, 0.2) is 53.2 Å². The number of benzene rings is 1. The number of likely N-dealkylation sites (tertiary alicyclic amines) is 1. The van der Waals surface area contributed by atoms with Gasteiger partial charge in [0, 0.05) is 25.5 Å². The number of hydrogen-bond acceptors (Lipinski definition) is 5. The largest absolute Gasteiger partial charge is 0.420 e. The van der Waals surface area contributed by atoms with Crippen molar-refractivity contribution < 1.29 is 4.42 Å². The van der Waals surface area contributed by atoms with Crippen molar-refractivity contribution in [3.8, 4) is 11.5 Å². The van der Waals surface area contributed by atoms with Crippen LogP contribution in [0.1, 0.15) is 55.5 Å². The predicted octanol–water partition coefficient (Wildman–Crippen LogP) is 4.63. The molecule has 1 saturated heterocycles. The van der Waals surface area contributed by atoms with Crippen molar-refractivity contribution in [2.45, 2.75) is 45.1 Å². The van der Waals surface area contributed by atoms with Crippen molar-refractivity contribution in [2.75, 3.05) is 13.1 Å². The third-order valence-electron chi connectivity index (χ3n) is 5.26. The van der Waals surface area contributed by atoms with Gasteiger partial charge in [0.15, 0.2) is 0 Å². The number of pyridine rings is 1. The van der Waals surface area contributed by atoms with Crippen molar-refractivity contribution in [3.05, 3.63) is 65.8 Å². The molecule has 0 N–H and O–H groups in total. The molecule has 0 amide bonds. The fourth-order valence-electron chi connectivity index (χ4n) is 3.67. The molecule has 1 fully saturated rings. The standard InChI is InChI=1S/C22H26N4O/c1-16(2)18-9-7-17(8-10-18)14-26-12-4-6-20(15-26)22-25-24-21(27-22)19-5-3-11-23-13-19/h3,5,7-11,13,16,20H,4,6,12,14-15H2,1-2H3/t20-/m0/s1. The van der Waals surface area contributed by atoms with E-state index in [-0.39, 0.29) is 0 Å². The van der Waals surface area contributed by atoms with Gasteiger partial charge in [-0.15, -0.1) is 10.2 Å². The molecule has 1 aliphatic rings. The van der Waals surface area contributed by atoms with E-state index in [0.717, 1.165) is 43.9 Å². The lowest BCUT2D eigenvalue weighted by atomic mass is 9.97. The predicted molar refractivity (Wildman–Crippen MR) is 105 cm³/mol. The van der Waals surface area contributed by atoms with Gasteiger partial charge in [-0.25, -0.2) is 0 Å². The molecule has 2 aromatic heterocycles. The minimum Gasteiger partial charge on any atom is -0.420 e. The first-order chi connectivity index (χ1) is 13.2. The molecule has 1 aromatic carbocycles. The minimum absolute atomic E-state index is 0.298. The second-order valence-electron chi connectivity index (χ2n) is 7.66. The highest BCUT2D eigenvalue weighted by atomic mass is 16.4. The van der Waals surface area contributed by atoms with E-state index in [4.69, 9.17) is 4.42 Å². The number of piperidine rings is 1. The Morgan fingerprint density at radius 1 is 1.15 bits per heavy atom. The van der Waals surface area contributed by atoms with Gasteiger partial charge in [-0.05, 0) is 48.6 Å². The van der Waals surface area contributed by atoms with Gasteiger partial charge in [0.2, 0.25) is 11.8 Å². The third kappa shape index (κ3) is 4.25. The first-order valence-electron chi connectivity index (χ1n) is 9.74. The summed E-state index contributed by atoms with van der Waals surface area (Å²) in [4.78, 5) is 6.62. The summed E-state index contributed by atoms with van der Waals surface area (Å²) in [6.07, 6.45) is 5.75. The first kappa shape index (κ1) is 17.9. The van der Waals surface area contributed by atoms with Gasteiger partial charge in [0.25, 0.3) is 0 Å². The Bertz CT molecular complexity index is 858. The zero-order chi connectivity index (χ0) is 18.6. The molecule has 0 radical (unpaired) electrons. The molecule has 5 heteroatoms. The van der Waals surface area contributed by atoms with Crippen molar-refractivity contribution in [3.63, 3.8) is 0 Å². The van der Waals surface area contributed by atoms with Crippen LogP contribution in [0, 0.1) is 0 Å².